The topological polar surface area (TPSA) is 35.6 Å². The number of likely N-dealkylation sites (N-methyl/N-ethyl adjacent to an activating group) is 1. The van der Waals surface area contributed by atoms with Gasteiger partial charge in [0.1, 0.15) is 0 Å². The maximum Gasteiger partial charge on any atom is 0.234 e. The van der Waals surface area contributed by atoms with Crippen molar-refractivity contribution in [2.75, 3.05) is 46.8 Å². The Kier molecular flexibility index (Phi) is 8.66. The Balaban J connectivity index is 2.41. The summed E-state index contributed by atoms with van der Waals surface area (Å²) >= 11 is 0. The van der Waals surface area contributed by atoms with E-state index in [4.69, 9.17) is 0 Å². The quantitative estimate of drug-likeness (QED) is 0.619. The molecule has 0 radical (unpaired) electrons. The Labute approximate surface area is 177 Å². The maximum absolute atomic E-state index is 12.7. The summed E-state index contributed by atoms with van der Waals surface area (Å²) in [5, 5.41) is 5.84. The highest BCUT2D eigenvalue weighted by Crippen LogP contribution is 2.39. The molecule has 0 saturated heterocycles. The predicted octanol–water partition coefficient (Wildman–Crippen LogP) is 4.14. The first-order valence-electron chi connectivity index (χ1n) is 11.0. The third-order valence-electron chi connectivity index (χ3n) is 6.30. The highest BCUT2D eigenvalue weighted by molar-refractivity contribution is 5.87. The summed E-state index contributed by atoms with van der Waals surface area (Å²) < 4.78 is 0. The molecule has 2 aromatic rings. The van der Waals surface area contributed by atoms with Gasteiger partial charge in [-0.15, -0.1) is 0 Å². The zero-order valence-electron chi connectivity index (χ0n) is 19.2. The van der Waals surface area contributed by atoms with Gasteiger partial charge in [0.25, 0.3) is 0 Å². The first-order valence-corrected chi connectivity index (χ1v) is 11.0. The molecule has 1 atom stereocenters. The van der Waals surface area contributed by atoms with Gasteiger partial charge in [0.05, 0.1) is 6.54 Å². The number of fused-ring (bicyclic) bond motifs is 1. The molecule has 0 aromatic heterocycles. The van der Waals surface area contributed by atoms with Crippen LogP contribution in [-0.2, 0) is 10.2 Å². The van der Waals surface area contributed by atoms with E-state index in [9.17, 15) is 4.79 Å². The number of benzene rings is 2. The van der Waals surface area contributed by atoms with Crippen LogP contribution in [0.2, 0.25) is 0 Å². The molecular weight excluding hydrogens is 358 g/mol. The minimum absolute atomic E-state index is 0.115. The summed E-state index contributed by atoms with van der Waals surface area (Å²) in [6, 6.07) is 15.2. The van der Waals surface area contributed by atoms with E-state index in [1.54, 1.807) is 0 Å². The van der Waals surface area contributed by atoms with Gasteiger partial charge in [0.15, 0.2) is 0 Å². The molecule has 2 aromatic carbocycles. The summed E-state index contributed by atoms with van der Waals surface area (Å²) in [5.41, 5.74) is 1.22. The molecule has 0 aliphatic heterocycles. The average molecular weight is 398 g/mol. The number of carbonyl (C=O) groups excluding carboxylic acids is 1. The van der Waals surface area contributed by atoms with Gasteiger partial charge in [-0.2, -0.15) is 0 Å². The van der Waals surface area contributed by atoms with Gasteiger partial charge in [0.2, 0.25) is 5.91 Å². The highest BCUT2D eigenvalue weighted by atomic mass is 16.2. The lowest BCUT2D eigenvalue weighted by atomic mass is 9.67. The van der Waals surface area contributed by atoms with E-state index < -0.39 is 0 Å². The molecule has 29 heavy (non-hydrogen) atoms. The summed E-state index contributed by atoms with van der Waals surface area (Å²) in [4.78, 5) is 17.1. The fourth-order valence-corrected chi connectivity index (χ4v) is 4.17. The van der Waals surface area contributed by atoms with Crippen molar-refractivity contribution < 1.29 is 4.79 Å². The minimum Gasteiger partial charge on any atom is -0.354 e. The first kappa shape index (κ1) is 23.4. The Morgan fingerprint density at radius 2 is 1.69 bits per heavy atom. The summed E-state index contributed by atoms with van der Waals surface area (Å²) in [6.45, 7) is 12.7. The standard InChI is InChI=1S/C25H39N3O/c1-7-28(8-2)18-24(29)26-19-25(20(3)4,16-17-27(5)6)23-15-11-13-21-12-9-10-14-22(21)23/h9-15,20H,7-8,16-19H2,1-6H3,(H,26,29)/t25-/m1/s1. The molecule has 0 heterocycles. The van der Waals surface area contributed by atoms with E-state index in [1.165, 1.54) is 16.3 Å². The molecule has 0 fully saturated rings. The number of hydrogen-bond acceptors (Lipinski definition) is 3. The van der Waals surface area contributed by atoms with Crippen LogP contribution < -0.4 is 5.32 Å². The van der Waals surface area contributed by atoms with Crippen LogP contribution in [0.5, 0.6) is 0 Å². The normalized spacial score (nSPS) is 14.0. The monoisotopic (exact) mass is 397 g/mol. The van der Waals surface area contributed by atoms with Gasteiger partial charge in [-0.05, 0) is 62.4 Å². The second-order valence-corrected chi connectivity index (χ2v) is 8.63. The largest absolute Gasteiger partial charge is 0.354 e. The number of nitrogens with one attached hydrogen (secondary N) is 1. The molecular formula is C25H39N3O. The molecule has 4 nitrogen and oxygen atoms in total. The zero-order valence-corrected chi connectivity index (χ0v) is 19.2. The van der Waals surface area contributed by atoms with Crippen molar-refractivity contribution in [2.24, 2.45) is 5.92 Å². The number of amides is 1. The van der Waals surface area contributed by atoms with Crippen molar-refractivity contribution in [3.8, 4) is 0 Å². The number of carbonyl (C=O) groups is 1. The van der Waals surface area contributed by atoms with Crippen molar-refractivity contribution in [2.45, 2.75) is 39.5 Å². The lowest BCUT2D eigenvalue weighted by molar-refractivity contribution is -0.122. The van der Waals surface area contributed by atoms with Crippen LogP contribution in [0.3, 0.4) is 0 Å². The molecule has 0 spiro atoms. The average Bonchev–Trinajstić information content (AvgIpc) is 2.71. The molecule has 2 rings (SSSR count). The third-order valence-corrected chi connectivity index (χ3v) is 6.30. The molecule has 0 aliphatic carbocycles. The van der Waals surface area contributed by atoms with E-state index >= 15 is 0 Å². The lowest BCUT2D eigenvalue weighted by Crippen LogP contribution is -2.48. The van der Waals surface area contributed by atoms with Crippen LogP contribution in [0.4, 0.5) is 0 Å². The fraction of sp³-hybridized carbons (Fsp3) is 0.560. The molecule has 0 unspecified atom stereocenters. The van der Waals surface area contributed by atoms with Gasteiger partial charge in [-0.3, -0.25) is 9.69 Å². The van der Waals surface area contributed by atoms with Crippen LogP contribution >= 0.6 is 0 Å². The van der Waals surface area contributed by atoms with Crippen molar-refractivity contribution in [3.05, 3.63) is 48.0 Å². The van der Waals surface area contributed by atoms with Gasteiger partial charge >= 0.3 is 0 Å². The Hall–Kier alpha value is -1.91. The van der Waals surface area contributed by atoms with E-state index in [2.05, 4.69) is 99.4 Å². The van der Waals surface area contributed by atoms with Crippen molar-refractivity contribution in [1.82, 2.24) is 15.1 Å². The second kappa shape index (κ2) is 10.7. The summed E-state index contributed by atoms with van der Waals surface area (Å²) in [7, 11) is 4.24. The maximum atomic E-state index is 12.7. The highest BCUT2D eigenvalue weighted by Gasteiger charge is 2.37. The molecule has 0 aliphatic rings. The molecule has 1 N–H and O–H groups in total. The van der Waals surface area contributed by atoms with Crippen LogP contribution in [0.1, 0.15) is 39.7 Å². The molecule has 0 saturated carbocycles. The van der Waals surface area contributed by atoms with Gasteiger partial charge in [-0.25, -0.2) is 0 Å². The van der Waals surface area contributed by atoms with Gasteiger partial charge in [0, 0.05) is 12.0 Å². The van der Waals surface area contributed by atoms with Crippen LogP contribution in [0.25, 0.3) is 10.8 Å². The fourth-order valence-electron chi connectivity index (χ4n) is 4.17. The second-order valence-electron chi connectivity index (χ2n) is 8.63. The molecule has 0 bridgehead atoms. The predicted molar refractivity (Wildman–Crippen MR) is 124 cm³/mol. The molecule has 1 amide bonds. The smallest absolute Gasteiger partial charge is 0.234 e. The third kappa shape index (κ3) is 5.80. The van der Waals surface area contributed by atoms with E-state index in [0.717, 1.165) is 26.1 Å². The van der Waals surface area contributed by atoms with Crippen LogP contribution in [-0.4, -0.2) is 62.5 Å². The molecule has 4 heteroatoms. The van der Waals surface area contributed by atoms with Crippen LogP contribution in [0.15, 0.2) is 42.5 Å². The lowest BCUT2D eigenvalue weighted by Gasteiger charge is -2.40. The Morgan fingerprint density at radius 3 is 2.31 bits per heavy atom. The SMILES string of the molecule is CCN(CC)CC(=O)NC[C@@](CCN(C)C)(c1cccc2ccccc12)C(C)C. The number of rotatable bonds is 11. The minimum atomic E-state index is -0.121. The Morgan fingerprint density at radius 1 is 1.03 bits per heavy atom. The van der Waals surface area contributed by atoms with Crippen molar-refractivity contribution in [3.63, 3.8) is 0 Å². The number of nitrogens with zero attached hydrogens (tertiary/aromatic N) is 2. The van der Waals surface area contributed by atoms with Gasteiger partial charge in [-0.1, -0.05) is 70.2 Å². The molecule has 160 valence electrons. The van der Waals surface area contributed by atoms with Gasteiger partial charge < -0.3 is 10.2 Å². The van der Waals surface area contributed by atoms with Crippen LogP contribution in [0, 0.1) is 5.92 Å². The summed E-state index contributed by atoms with van der Waals surface area (Å²) in [5.74, 6) is 0.505. The zero-order chi connectivity index (χ0) is 21.4. The van der Waals surface area contributed by atoms with Crippen molar-refractivity contribution in [1.29, 1.82) is 0 Å². The summed E-state index contributed by atoms with van der Waals surface area (Å²) in [6.07, 6.45) is 0.997. The van der Waals surface area contributed by atoms with Crippen molar-refractivity contribution >= 4 is 16.7 Å². The van der Waals surface area contributed by atoms with E-state index in [0.29, 0.717) is 19.0 Å². The Bertz CT molecular complexity index is 777. The number of hydrogen-bond donors (Lipinski definition) is 1. The first-order chi connectivity index (χ1) is 13.8. The van der Waals surface area contributed by atoms with E-state index in [-0.39, 0.29) is 11.3 Å². The van der Waals surface area contributed by atoms with E-state index in [1.807, 2.05) is 0 Å².